The smallest absolute Gasteiger partial charge is 0.299 e. The van der Waals surface area contributed by atoms with E-state index in [-0.39, 0.29) is 12.1 Å². The van der Waals surface area contributed by atoms with Gasteiger partial charge >= 0.3 is 0 Å². The van der Waals surface area contributed by atoms with Crippen LogP contribution in [-0.2, 0) is 11.3 Å². The lowest BCUT2D eigenvalue weighted by Gasteiger charge is -2.19. The summed E-state index contributed by atoms with van der Waals surface area (Å²) in [6.07, 6.45) is 0. The molecule has 0 fully saturated rings. The zero-order valence-electron chi connectivity index (χ0n) is 13.3. The van der Waals surface area contributed by atoms with E-state index in [1.165, 1.54) is 17.0 Å². The summed E-state index contributed by atoms with van der Waals surface area (Å²) in [6, 6.07) is 21.5. The molecule has 0 aromatic heterocycles. The number of hydrogen-bond donors (Lipinski definition) is 0. The number of halogens is 1. The Labute approximate surface area is 144 Å². The third-order valence-corrected chi connectivity index (χ3v) is 4.36. The first-order valence-electron chi connectivity index (χ1n) is 7.94. The predicted octanol–water partition coefficient (Wildman–Crippen LogP) is 4.22. The minimum atomic E-state index is -0.660. The molecule has 0 N–H and O–H groups in total. The second-order valence-electron chi connectivity index (χ2n) is 5.91. The normalized spacial score (nSPS) is 13.2. The van der Waals surface area contributed by atoms with Crippen LogP contribution in [0.5, 0.6) is 0 Å². The molecule has 25 heavy (non-hydrogen) atoms. The number of hydrogen-bond acceptors (Lipinski definition) is 2. The highest BCUT2D eigenvalue weighted by Crippen LogP contribution is 2.33. The fourth-order valence-corrected chi connectivity index (χ4v) is 3.16. The minimum absolute atomic E-state index is 0.127. The largest absolute Gasteiger partial charge is 0.300 e. The maximum absolute atomic E-state index is 13.4. The molecule has 0 saturated carbocycles. The minimum Gasteiger partial charge on any atom is -0.300 e. The molecule has 0 radical (unpaired) electrons. The van der Waals surface area contributed by atoms with E-state index in [2.05, 4.69) is 0 Å². The fourth-order valence-electron chi connectivity index (χ4n) is 3.16. The van der Waals surface area contributed by atoms with Crippen LogP contribution in [0.3, 0.4) is 0 Å². The highest BCUT2D eigenvalue weighted by molar-refractivity contribution is 6.52. The first kappa shape index (κ1) is 15.3. The van der Waals surface area contributed by atoms with Crippen LogP contribution in [-0.4, -0.2) is 11.7 Å². The number of carbonyl (C=O) groups excluding carboxylic acids is 2. The highest BCUT2D eigenvalue weighted by atomic mass is 19.1. The number of anilines is 1. The van der Waals surface area contributed by atoms with Crippen molar-refractivity contribution in [1.29, 1.82) is 0 Å². The molecular formula is C21H14FNO2. The maximum Gasteiger partial charge on any atom is 0.299 e. The second-order valence-corrected chi connectivity index (χ2v) is 5.91. The summed E-state index contributed by atoms with van der Waals surface area (Å²) >= 11 is 0. The molecule has 1 heterocycles. The van der Waals surface area contributed by atoms with Gasteiger partial charge in [0, 0.05) is 0 Å². The number of Topliss-reactive ketones (excluding diaryl/α,β-unsaturated/α-hetero) is 1. The Hall–Kier alpha value is -3.27. The van der Waals surface area contributed by atoms with Crippen molar-refractivity contribution in [3.8, 4) is 11.1 Å². The average Bonchev–Trinajstić information content (AvgIpc) is 2.87. The molecule has 1 aliphatic heterocycles. The summed E-state index contributed by atoms with van der Waals surface area (Å²) in [5.74, 6) is -1.80. The molecular weight excluding hydrogens is 317 g/mol. The van der Waals surface area contributed by atoms with Crippen LogP contribution in [0.4, 0.5) is 10.1 Å². The van der Waals surface area contributed by atoms with E-state index in [0.29, 0.717) is 5.69 Å². The van der Waals surface area contributed by atoms with Crippen molar-refractivity contribution in [2.45, 2.75) is 6.54 Å². The van der Waals surface area contributed by atoms with Gasteiger partial charge < -0.3 is 4.90 Å². The van der Waals surface area contributed by atoms with E-state index in [9.17, 15) is 14.0 Å². The van der Waals surface area contributed by atoms with E-state index in [4.69, 9.17) is 0 Å². The molecule has 0 saturated heterocycles. The van der Waals surface area contributed by atoms with Crippen molar-refractivity contribution in [2.24, 2.45) is 0 Å². The van der Waals surface area contributed by atoms with Crippen molar-refractivity contribution in [2.75, 3.05) is 4.90 Å². The summed E-state index contributed by atoms with van der Waals surface area (Å²) in [5, 5.41) is 0. The fraction of sp³-hybridized carbons (Fsp3) is 0.0476. The number of fused-ring (bicyclic) bond motifs is 1. The summed E-state index contributed by atoms with van der Waals surface area (Å²) in [5.41, 5.74) is 3.54. The third-order valence-electron chi connectivity index (χ3n) is 4.36. The van der Waals surface area contributed by atoms with E-state index < -0.39 is 17.5 Å². The van der Waals surface area contributed by atoms with E-state index in [1.54, 1.807) is 0 Å². The van der Waals surface area contributed by atoms with Crippen LogP contribution < -0.4 is 4.90 Å². The lowest BCUT2D eigenvalue weighted by atomic mass is 9.99. The van der Waals surface area contributed by atoms with Crippen LogP contribution in [0.15, 0.2) is 72.8 Å². The number of amides is 1. The Morgan fingerprint density at radius 1 is 0.800 bits per heavy atom. The number of rotatable bonds is 3. The molecule has 0 aliphatic carbocycles. The van der Waals surface area contributed by atoms with Gasteiger partial charge in [-0.05, 0) is 34.9 Å². The Balaban J connectivity index is 1.75. The molecule has 0 bridgehead atoms. The number of nitrogens with zero attached hydrogens (tertiary/aromatic N) is 1. The monoisotopic (exact) mass is 331 g/mol. The number of ketones is 1. The van der Waals surface area contributed by atoms with Crippen molar-refractivity contribution in [3.05, 3.63) is 89.7 Å². The Morgan fingerprint density at radius 2 is 1.52 bits per heavy atom. The molecule has 4 heteroatoms. The average molecular weight is 331 g/mol. The van der Waals surface area contributed by atoms with Crippen molar-refractivity contribution in [1.82, 2.24) is 0 Å². The van der Waals surface area contributed by atoms with E-state index in [0.717, 1.165) is 22.8 Å². The Kier molecular flexibility index (Phi) is 3.65. The third kappa shape index (κ3) is 2.62. The van der Waals surface area contributed by atoms with Crippen LogP contribution in [0.25, 0.3) is 11.1 Å². The number of benzene rings is 3. The summed E-state index contributed by atoms with van der Waals surface area (Å²) in [4.78, 5) is 25.9. The molecule has 3 nitrogen and oxygen atoms in total. The van der Waals surface area contributed by atoms with Crippen LogP contribution in [0.1, 0.15) is 15.9 Å². The molecule has 4 rings (SSSR count). The van der Waals surface area contributed by atoms with Gasteiger partial charge in [-0.2, -0.15) is 0 Å². The zero-order valence-corrected chi connectivity index (χ0v) is 13.3. The van der Waals surface area contributed by atoms with Crippen LogP contribution >= 0.6 is 0 Å². The van der Waals surface area contributed by atoms with Gasteiger partial charge in [0.15, 0.2) is 0 Å². The number of carbonyl (C=O) groups is 2. The first-order chi connectivity index (χ1) is 12.1. The molecule has 1 amide bonds. The molecule has 0 unspecified atom stereocenters. The molecule has 1 aliphatic rings. The molecule has 122 valence electrons. The van der Waals surface area contributed by atoms with Gasteiger partial charge in [0.2, 0.25) is 0 Å². The van der Waals surface area contributed by atoms with Crippen LogP contribution in [0.2, 0.25) is 0 Å². The van der Waals surface area contributed by atoms with Crippen molar-refractivity contribution in [3.63, 3.8) is 0 Å². The molecule has 3 aromatic carbocycles. The van der Waals surface area contributed by atoms with Gasteiger partial charge in [0.25, 0.3) is 11.7 Å². The molecule has 3 aromatic rings. The van der Waals surface area contributed by atoms with Crippen LogP contribution in [0, 0.1) is 5.82 Å². The molecule has 0 spiro atoms. The molecule has 0 atom stereocenters. The van der Waals surface area contributed by atoms with Gasteiger partial charge in [-0.1, -0.05) is 54.6 Å². The second kappa shape index (κ2) is 5.98. The summed E-state index contributed by atoms with van der Waals surface area (Å²) < 4.78 is 13.4. The van der Waals surface area contributed by atoms with Crippen molar-refractivity contribution < 1.29 is 14.0 Å². The van der Waals surface area contributed by atoms with Gasteiger partial charge in [-0.25, -0.2) is 4.39 Å². The maximum atomic E-state index is 13.4. The summed E-state index contributed by atoms with van der Waals surface area (Å²) in [6.45, 7) is 0.258. The zero-order chi connectivity index (χ0) is 17.4. The Bertz CT molecular complexity index is 982. The standard InChI is InChI=1S/C21H14FNO2/c22-16-10-11-19-18(12-16)20(24)21(25)23(19)13-15-8-4-5-9-17(15)14-6-2-1-3-7-14/h1-12H,13H2. The first-order valence-corrected chi connectivity index (χ1v) is 7.94. The van der Waals surface area contributed by atoms with Gasteiger partial charge in [0.1, 0.15) is 5.82 Å². The summed E-state index contributed by atoms with van der Waals surface area (Å²) in [7, 11) is 0. The van der Waals surface area contributed by atoms with E-state index in [1.807, 2.05) is 54.6 Å². The van der Waals surface area contributed by atoms with Gasteiger partial charge in [0.05, 0.1) is 17.8 Å². The van der Waals surface area contributed by atoms with Gasteiger partial charge in [-0.3, -0.25) is 9.59 Å². The van der Waals surface area contributed by atoms with Crippen molar-refractivity contribution >= 4 is 17.4 Å². The van der Waals surface area contributed by atoms with Gasteiger partial charge in [-0.15, -0.1) is 0 Å². The van der Waals surface area contributed by atoms with E-state index >= 15 is 0 Å². The SMILES string of the molecule is O=C1C(=O)N(Cc2ccccc2-c2ccccc2)c2ccc(F)cc21. The predicted molar refractivity (Wildman–Crippen MR) is 93.8 cm³/mol. The highest BCUT2D eigenvalue weighted by Gasteiger charge is 2.36. The Morgan fingerprint density at radius 3 is 2.32 bits per heavy atom. The quantitative estimate of drug-likeness (QED) is 0.674. The topological polar surface area (TPSA) is 37.4 Å². The lowest BCUT2D eigenvalue weighted by Crippen LogP contribution is -2.29. The lowest BCUT2D eigenvalue weighted by molar-refractivity contribution is -0.114.